The van der Waals surface area contributed by atoms with Crippen LogP contribution in [0, 0.1) is 0 Å². The molecule has 0 saturated heterocycles. The second-order valence-electron chi connectivity index (χ2n) is 4.64. The number of ether oxygens (including phenoxy) is 3. The van der Waals surface area contributed by atoms with Gasteiger partial charge in [0.25, 0.3) is 0 Å². The van der Waals surface area contributed by atoms with E-state index in [-0.39, 0.29) is 0 Å². The Balaban J connectivity index is 2.15. The number of rotatable bonds is 7. The first-order chi connectivity index (χ1) is 10.2. The Bertz CT molecular complexity index is 569. The molecule has 0 aliphatic carbocycles. The highest BCUT2D eigenvalue weighted by molar-refractivity contribution is 7.10. The lowest BCUT2D eigenvalue weighted by molar-refractivity contribution is 0.346. The van der Waals surface area contributed by atoms with Crippen LogP contribution >= 0.6 is 11.3 Å². The Kier molecular flexibility index (Phi) is 5.47. The van der Waals surface area contributed by atoms with Crippen molar-refractivity contribution in [3.05, 3.63) is 40.1 Å². The molecule has 0 radical (unpaired) electrons. The Morgan fingerprint density at radius 3 is 2.29 bits per heavy atom. The average molecular weight is 307 g/mol. The molecule has 21 heavy (non-hydrogen) atoms. The van der Waals surface area contributed by atoms with E-state index in [2.05, 4.69) is 29.8 Å². The molecular weight excluding hydrogens is 286 g/mol. The van der Waals surface area contributed by atoms with Crippen LogP contribution in [0.2, 0.25) is 0 Å². The van der Waals surface area contributed by atoms with Gasteiger partial charge in [-0.1, -0.05) is 6.07 Å². The minimum atomic E-state index is 0.294. The second-order valence-corrected chi connectivity index (χ2v) is 5.62. The summed E-state index contributed by atoms with van der Waals surface area (Å²) < 4.78 is 16.1. The van der Waals surface area contributed by atoms with Gasteiger partial charge in [-0.15, -0.1) is 11.3 Å². The summed E-state index contributed by atoms with van der Waals surface area (Å²) in [4.78, 5) is 1.31. The van der Waals surface area contributed by atoms with E-state index in [4.69, 9.17) is 14.2 Å². The normalized spacial score (nSPS) is 12.0. The number of hydrogen-bond acceptors (Lipinski definition) is 5. The maximum absolute atomic E-state index is 5.44. The van der Waals surface area contributed by atoms with Crippen LogP contribution in [0.1, 0.15) is 23.4 Å². The van der Waals surface area contributed by atoms with Crippen molar-refractivity contribution < 1.29 is 14.2 Å². The largest absolute Gasteiger partial charge is 0.496 e. The van der Waals surface area contributed by atoms with Crippen LogP contribution in [0.15, 0.2) is 29.6 Å². The van der Waals surface area contributed by atoms with Crippen LogP contribution in [-0.2, 0) is 6.54 Å². The number of benzene rings is 1. The zero-order chi connectivity index (χ0) is 15.2. The molecule has 0 fully saturated rings. The van der Waals surface area contributed by atoms with Gasteiger partial charge in [-0.3, -0.25) is 0 Å². The molecule has 114 valence electrons. The van der Waals surface area contributed by atoms with E-state index in [9.17, 15) is 0 Å². The van der Waals surface area contributed by atoms with Gasteiger partial charge in [0, 0.05) is 29.1 Å². The van der Waals surface area contributed by atoms with Gasteiger partial charge in [-0.25, -0.2) is 0 Å². The van der Waals surface area contributed by atoms with Crippen molar-refractivity contribution in [3.8, 4) is 17.2 Å². The van der Waals surface area contributed by atoms with E-state index in [0.717, 1.165) is 11.3 Å². The molecule has 2 aromatic rings. The Morgan fingerprint density at radius 1 is 1.05 bits per heavy atom. The van der Waals surface area contributed by atoms with Gasteiger partial charge >= 0.3 is 0 Å². The van der Waals surface area contributed by atoms with Gasteiger partial charge in [-0.05, 0) is 24.4 Å². The monoisotopic (exact) mass is 307 g/mol. The molecule has 0 bridgehead atoms. The molecule has 0 saturated carbocycles. The number of thiophene rings is 1. The molecular formula is C16H21NO3S. The molecule has 0 aliphatic rings. The molecule has 1 aromatic carbocycles. The smallest absolute Gasteiger partial charge is 0.164 e. The zero-order valence-corrected chi connectivity index (χ0v) is 13.6. The summed E-state index contributed by atoms with van der Waals surface area (Å²) in [6.45, 7) is 2.85. The quantitative estimate of drug-likeness (QED) is 0.848. The maximum Gasteiger partial charge on any atom is 0.164 e. The molecule has 1 unspecified atom stereocenters. The summed E-state index contributed by atoms with van der Waals surface area (Å²) in [6, 6.07) is 8.30. The lowest BCUT2D eigenvalue weighted by Gasteiger charge is -2.17. The Morgan fingerprint density at radius 2 is 1.71 bits per heavy atom. The van der Waals surface area contributed by atoms with Gasteiger partial charge in [0.1, 0.15) is 5.75 Å². The summed E-state index contributed by atoms with van der Waals surface area (Å²) in [6.07, 6.45) is 0. The minimum Gasteiger partial charge on any atom is -0.496 e. The van der Waals surface area contributed by atoms with Gasteiger partial charge in [0.15, 0.2) is 11.5 Å². The molecule has 0 amide bonds. The average Bonchev–Trinajstić information content (AvgIpc) is 3.06. The SMILES string of the molecule is COc1cc(OC)c(OC)cc1CNC(C)c1cccs1. The third kappa shape index (κ3) is 3.68. The van der Waals surface area contributed by atoms with Crippen LogP contribution in [0.5, 0.6) is 17.2 Å². The zero-order valence-electron chi connectivity index (χ0n) is 12.8. The summed E-state index contributed by atoms with van der Waals surface area (Å²) in [7, 11) is 4.91. The van der Waals surface area contributed by atoms with Crippen molar-refractivity contribution in [2.45, 2.75) is 19.5 Å². The second kappa shape index (κ2) is 7.33. The summed E-state index contributed by atoms with van der Waals surface area (Å²) in [5.74, 6) is 2.17. The van der Waals surface area contributed by atoms with Crippen LogP contribution in [0.25, 0.3) is 0 Å². The van der Waals surface area contributed by atoms with E-state index in [1.807, 2.05) is 12.1 Å². The Labute approximate surface area is 129 Å². The molecule has 1 atom stereocenters. The first kappa shape index (κ1) is 15.7. The van der Waals surface area contributed by atoms with Crippen molar-refractivity contribution in [1.29, 1.82) is 0 Å². The van der Waals surface area contributed by atoms with E-state index in [0.29, 0.717) is 24.1 Å². The van der Waals surface area contributed by atoms with Crippen molar-refractivity contribution in [2.24, 2.45) is 0 Å². The van der Waals surface area contributed by atoms with Crippen molar-refractivity contribution in [2.75, 3.05) is 21.3 Å². The topological polar surface area (TPSA) is 39.7 Å². The highest BCUT2D eigenvalue weighted by Crippen LogP contribution is 2.34. The molecule has 4 nitrogen and oxygen atoms in total. The molecule has 0 aliphatic heterocycles. The van der Waals surface area contributed by atoms with Crippen LogP contribution in [-0.4, -0.2) is 21.3 Å². The molecule has 1 heterocycles. The van der Waals surface area contributed by atoms with E-state index in [1.54, 1.807) is 32.7 Å². The number of methoxy groups -OCH3 is 3. The standard InChI is InChI=1S/C16H21NO3S/c1-11(16-6-5-7-21-16)17-10-12-8-14(19-3)15(20-4)9-13(12)18-2/h5-9,11,17H,10H2,1-4H3. The van der Waals surface area contributed by atoms with Crippen molar-refractivity contribution in [1.82, 2.24) is 5.32 Å². The van der Waals surface area contributed by atoms with Crippen LogP contribution < -0.4 is 19.5 Å². The van der Waals surface area contributed by atoms with Gasteiger partial charge < -0.3 is 19.5 Å². The fraction of sp³-hybridized carbons (Fsp3) is 0.375. The maximum atomic E-state index is 5.44. The number of nitrogens with one attached hydrogen (secondary N) is 1. The predicted octanol–water partition coefficient (Wildman–Crippen LogP) is 3.62. The lowest BCUT2D eigenvalue weighted by atomic mass is 10.1. The van der Waals surface area contributed by atoms with Crippen LogP contribution in [0.4, 0.5) is 0 Å². The molecule has 5 heteroatoms. The van der Waals surface area contributed by atoms with Crippen molar-refractivity contribution in [3.63, 3.8) is 0 Å². The first-order valence-electron chi connectivity index (χ1n) is 6.75. The summed E-state index contributed by atoms with van der Waals surface area (Å²) >= 11 is 1.75. The fourth-order valence-electron chi connectivity index (χ4n) is 2.13. The molecule has 1 aromatic heterocycles. The fourth-order valence-corrected chi connectivity index (χ4v) is 2.89. The first-order valence-corrected chi connectivity index (χ1v) is 7.63. The molecule has 0 spiro atoms. The Hall–Kier alpha value is -1.72. The lowest BCUT2D eigenvalue weighted by Crippen LogP contribution is -2.17. The molecule has 1 N–H and O–H groups in total. The van der Waals surface area contributed by atoms with Gasteiger partial charge in [-0.2, -0.15) is 0 Å². The highest BCUT2D eigenvalue weighted by Gasteiger charge is 2.13. The minimum absolute atomic E-state index is 0.294. The third-order valence-corrected chi connectivity index (χ3v) is 4.41. The number of hydrogen-bond donors (Lipinski definition) is 1. The highest BCUT2D eigenvalue weighted by atomic mass is 32.1. The van der Waals surface area contributed by atoms with E-state index >= 15 is 0 Å². The van der Waals surface area contributed by atoms with E-state index < -0.39 is 0 Å². The van der Waals surface area contributed by atoms with Gasteiger partial charge in [0.05, 0.1) is 21.3 Å². The van der Waals surface area contributed by atoms with Crippen LogP contribution in [0.3, 0.4) is 0 Å². The van der Waals surface area contributed by atoms with Crippen molar-refractivity contribution >= 4 is 11.3 Å². The predicted molar refractivity (Wildman–Crippen MR) is 85.7 cm³/mol. The summed E-state index contributed by atoms with van der Waals surface area (Å²) in [5, 5.41) is 5.59. The molecule has 2 rings (SSSR count). The van der Waals surface area contributed by atoms with E-state index in [1.165, 1.54) is 4.88 Å². The van der Waals surface area contributed by atoms with Gasteiger partial charge in [0.2, 0.25) is 0 Å². The third-order valence-electron chi connectivity index (χ3n) is 3.36. The summed E-state index contributed by atoms with van der Waals surface area (Å²) in [5.41, 5.74) is 1.04.